The van der Waals surface area contributed by atoms with E-state index >= 15 is 0 Å². The molecule has 100 valence electrons. The summed E-state index contributed by atoms with van der Waals surface area (Å²) in [5.41, 5.74) is 3.62. The maximum absolute atomic E-state index is 5.98. The summed E-state index contributed by atoms with van der Waals surface area (Å²) in [6.45, 7) is 2.89. The number of anilines is 1. The minimum atomic E-state index is 0.789. The molecule has 0 aliphatic carbocycles. The van der Waals surface area contributed by atoms with Crippen molar-refractivity contribution in [2.75, 3.05) is 5.32 Å². The average molecular weight is 282 g/mol. The zero-order chi connectivity index (χ0) is 13.9. The third-order valence-electron chi connectivity index (χ3n) is 3.54. The molecule has 20 heavy (non-hydrogen) atoms. The van der Waals surface area contributed by atoms with Crippen molar-refractivity contribution in [2.24, 2.45) is 0 Å². The highest BCUT2D eigenvalue weighted by Crippen LogP contribution is 2.20. The molecule has 0 amide bonds. The predicted molar refractivity (Wildman–Crippen MR) is 87.5 cm³/mol. The molecular weight excluding hydrogens is 266 g/mol. The van der Waals surface area contributed by atoms with Crippen LogP contribution in [0.1, 0.15) is 11.1 Å². The number of fused-ring (bicyclic) bond motifs is 1. The van der Waals surface area contributed by atoms with Gasteiger partial charge in [-0.05, 0) is 53.1 Å². The van der Waals surface area contributed by atoms with Gasteiger partial charge in [0.25, 0.3) is 0 Å². The number of aryl methyl sites for hydroxylation is 1. The molecule has 0 saturated carbocycles. The second-order valence-electron chi connectivity index (χ2n) is 4.99. The highest BCUT2D eigenvalue weighted by atomic mass is 35.5. The van der Waals surface area contributed by atoms with Crippen LogP contribution < -0.4 is 5.32 Å². The molecule has 0 aliphatic heterocycles. The molecule has 3 rings (SSSR count). The summed E-state index contributed by atoms with van der Waals surface area (Å²) >= 11 is 5.98. The van der Waals surface area contributed by atoms with Crippen LogP contribution in [0.15, 0.2) is 60.7 Å². The Morgan fingerprint density at radius 2 is 1.70 bits per heavy atom. The van der Waals surface area contributed by atoms with Gasteiger partial charge in [0.1, 0.15) is 0 Å². The van der Waals surface area contributed by atoms with Gasteiger partial charge in [-0.25, -0.2) is 0 Å². The number of nitrogens with one attached hydrogen (secondary N) is 1. The minimum absolute atomic E-state index is 0.789. The molecule has 0 radical (unpaired) electrons. The van der Waals surface area contributed by atoms with Crippen molar-refractivity contribution >= 4 is 28.1 Å². The summed E-state index contributed by atoms with van der Waals surface area (Å²) in [6, 6.07) is 20.8. The van der Waals surface area contributed by atoms with E-state index in [0.717, 1.165) is 17.3 Å². The third-order valence-corrected chi connectivity index (χ3v) is 3.77. The third kappa shape index (κ3) is 2.78. The molecule has 0 heterocycles. The van der Waals surface area contributed by atoms with E-state index in [0.29, 0.717) is 0 Å². The summed E-state index contributed by atoms with van der Waals surface area (Å²) in [4.78, 5) is 0. The monoisotopic (exact) mass is 281 g/mol. The standard InChI is InChI=1S/C18H16ClN/c1-13-10-17(19)8-6-16(13)12-20-18-9-7-14-4-2-3-5-15(14)11-18/h2-11,20H,12H2,1H3. The molecule has 0 aromatic heterocycles. The van der Waals surface area contributed by atoms with Crippen LogP contribution in [0.25, 0.3) is 10.8 Å². The van der Waals surface area contributed by atoms with E-state index in [1.54, 1.807) is 0 Å². The fraction of sp³-hybridized carbons (Fsp3) is 0.111. The lowest BCUT2D eigenvalue weighted by atomic mass is 10.1. The first-order valence-corrected chi connectivity index (χ1v) is 7.08. The predicted octanol–water partition coefficient (Wildman–Crippen LogP) is 5.41. The maximum Gasteiger partial charge on any atom is 0.0408 e. The molecule has 0 spiro atoms. The van der Waals surface area contributed by atoms with E-state index in [-0.39, 0.29) is 0 Å². The van der Waals surface area contributed by atoms with Crippen molar-refractivity contribution in [1.82, 2.24) is 0 Å². The molecule has 2 heteroatoms. The molecule has 0 bridgehead atoms. The van der Waals surface area contributed by atoms with Gasteiger partial charge in [0.15, 0.2) is 0 Å². The smallest absolute Gasteiger partial charge is 0.0408 e. The Balaban J connectivity index is 1.79. The van der Waals surface area contributed by atoms with Crippen LogP contribution in [-0.2, 0) is 6.54 Å². The quantitative estimate of drug-likeness (QED) is 0.676. The fourth-order valence-electron chi connectivity index (χ4n) is 2.35. The van der Waals surface area contributed by atoms with E-state index in [1.165, 1.54) is 21.9 Å². The fourth-order valence-corrected chi connectivity index (χ4v) is 2.58. The van der Waals surface area contributed by atoms with Gasteiger partial charge in [0.05, 0.1) is 0 Å². The molecule has 1 nitrogen and oxygen atoms in total. The van der Waals surface area contributed by atoms with Gasteiger partial charge in [-0.15, -0.1) is 0 Å². The molecule has 3 aromatic carbocycles. The van der Waals surface area contributed by atoms with Gasteiger partial charge < -0.3 is 5.32 Å². The van der Waals surface area contributed by atoms with Gasteiger partial charge >= 0.3 is 0 Å². The van der Waals surface area contributed by atoms with E-state index in [9.17, 15) is 0 Å². The van der Waals surface area contributed by atoms with Crippen molar-refractivity contribution in [2.45, 2.75) is 13.5 Å². The highest BCUT2D eigenvalue weighted by Gasteiger charge is 2.00. The number of halogens is 1. The summed E-state index contributed by atoms with van der Waals surface area (Å²) < 4.78 is 0. The van der Waals surface area contributed by atoms with Crippen molar-refractivity contribution in [1.29, 1.82) is 0 Å². The number of benzene rings is 3. The van der Waals surface area contributed by atoms with E-state index in [1.807, 2.05) is 12.1 Å². The van der Waals surface area contributed by atoms with Crippen LogP contribution in [-0.4, -0.2) is 0 Å². The number of hydrogen-bond acceptors (Lipinski definition) is 1. The van der Waals surface area contributed by atoms with Crippen LogP contribution in [0.3, 0.4) is 0 Å². The Morgan fingerprint density at radius 1 is 0.900 bits per heavy atom. The van der Waals surface area contributed by atoms with E-state index < -0.39 is 0 Å². The summed E-state index contributed by atoms with van der Waals surface area (Å²) in [5.74, 6) is 0. The van der Waals surface area contributed by atoms with Crippen LogP contribution >= 0.6 is 11.6 Å². The van der Waals surface area contributed by atoms with Crippen LogP contribution in [0.4, 0.5) is 5.69 Å². The zero-order valence-electron chi connectivity index (χ0n) is 11.4. The van der Waals surface area contributed by atoms with E-state index in [2.05, 4.69) is 60.8 Å². The molecule has 0 saturated heterocycles. The van der Waals surface area contributed by atoms with Crippen molar-refractivity contribution in [3.8, 4) is 0 Å². The Kier molecular flexibility index (Phi) is 3.62. The first-order valence-electron chi connectivity index (χ1n) is 6.70. The zero-order valence-corrected chi connectivity index (χ0v) is 12.1. The van der Waals surface area contributed by atoms with Crippen molar-refractivity contribution in [3.05, 3.63) is 76.8 Å². The van der Waals surface area contributed by atoms with Gasteiger partial charge in [-0.1, -0.05) is 48.0 Å². The molecule has 3 aromatic rings. The summed E-state index contributed by atoms with van der Waals surface area (Å²) in [7, 11) is 0. The molecule has 0 unspecified atom stereocenters. The van der Waals surface area contributed by atoms with Crippen LogP contribution in [0.2, 0.25) is 5.02 Å². The van der Waals surface area contributed by atoms with Crippen LogP contribution in [0, 0.1) is 6.92 Å². The largest absolute Gasteiger partial charge is 0.381 e. The number of rotatable bonds is 3. The second kappa shape index (κ2) is 5.56. The first kappa shape index (κ1) is 13.0. The summed E-state index contributed by atoms with van der Waals surface area (Å²) in [6.07, 6.45) is 0. The van der Waals surface area contributed by atoms with Gasteiger partial charge in [0.2, 0.25) is 0 Å². The Hall–Kier alpha value is -1.99. The van der Waals surface area contributed by atoms with E-state index in [4.69, 9.17) is 11.6 Å². The SMILES string of the molecule is Cc1cc(Cl)ccc1CNc1ccc2ccccc2c1. The van der Waals surface area contributed by atoms with Gasteiger partial charge in [0, 0.05) is 17.3 Å². The van der Waals surface area contributed by atoms with Gasteiger partial charge in [-0.2, -0.15) is 0 Å². The topological polar surface area (TPSA) is 12.0 Å². The number of hydrogen-bond donors (Lipinski definition) is 1. The van der Waals surface area contributed by atoms with Crippen molar-refractivity contribution < 1.29 is 0 Å². The van der Waals surface area contributed by atoms with Gasteiger partial charge in [-0.3, -0.25) is 0 Å². The van der Waals surface area contributed by atoms with Crippen LogP contribution in [0.5, 0.6) is 0 Å². The Morgan fingerprint density at radius 3 is 2.50 bits per heavy atom. The summed E-state index contributed by atoms with van der Waals surface area (Å²) in [5, 5.41) is 6.78. The lowest BCUT2D eigenvalue weighted by Gasteiger charge is -2.10. The Labute approximate surface area is 124 Å². The normalized spacial score (nSPS) is 10.7. The molecule has 1 N–H and O–H groups in total. The Bertz CT molecular complexity index is 749. The molecule has 0 fully saturated rings. The molecule has 0 atom stereocenters. The molecular formula is C18H16ClN. The average Bonchev–Trinajstić information content (AvgIpc) is 2.46. The maximum atomic E-state index is 5.98. The highest BCUT2D eigenvalue weighted by molar-refractivity contribution is 6.30. The lowest BCUT2D eigenvalue weighted by molar-refractivity contribution is 1.12. The lowest BCUT2D eigenvalue weighted by Crippen LogP contribution is -2.01. The van der Waals surface area contributed by atoms with Crippen molar-refractivity contribution in [3.63, 3.8) is 0 Å². The molecule has 0 aliphatic rings. The minimum Gasteiger partial charge on any atom is -0.381 e. The first-order chi connectivity index (χ1) is 9.72. The second-order valence-corrected chi connectivity index (χ2v) is 5.42.